The second-order valence-corrected chi connectivity index (χ2v) is 3.54. The third-order valence-electron chi connectivity index (χ3n) is 2.40. The molecule has 0 saturated heterocycles. The number of anilines is 1. The van der Waals surface area contributed by atoms with Crippen LogP contribution in [-0.4, -0.2) is 41.8 Å². The van der Waals surface area contributed by atoms with Crippen LogP contribution in [-0.2, 0) is 4.79 Å². The quantitative estimate of drug-likeness (QED) is 0.721. The van der Waals surface area contributed by atoms with Crippen LogP contribution in [0.2, 0.25) is 0 Å². The summed E-state index contributed by atoms with van der Waals surface area (Å²) in [6.45, 7) is -0.0475. The molecular weight excluding hydrogens is 226 g/mol. The Kier molecular flexibility index (Phi) is 2.82. The fourth-order valence-corrected chi connectivity index (χ4v) is 1.58. The van der Waals surface area contributed by atoms with E-state index >= 15 is 0 Å². The van der Waals surface area contributed by atoms with E-state index in [9.17, 15) is 9.59 Å². The van der Waals surface area contributed by atoms with Gasteiger partial charge in [0.1, 0.15) is 12.6 Å². The lowest BCUT2D eigenvalue weighted by Crippen LogP contribution is -2.49. The summed E-state index contributed by atoms with van der Waals surface area (Å²) < 4.78 is 5.35. The molecular formula is C10H11N3O4. The summed E-state index contributed by atoms with van der Waals surface area (Å²) in [5.41, 5.74) is 0. The molecule has 0 aliphatic carbocycles. The first-order valence-corrected chi connectivity index (χ1v) is 4.94. The SMILES string of the molecule is CN1C(=O)[C@@H](NC(=O)O)COc2cccnc21. The van der Waals surface area contributed by atoms with Crippen LogP contribution in [0.3, 0.4) is 0 Å². The lowest BCUT2D eigenvalue weighted by molar-refractivity contribution is -0.120. The van der Waals surface area contributed by atoms with E-state index in [-0.39, 0.29) is 6.61 Å². The Morgan fingerprint density at radius 2 is 2.47 bits per heavy atom. The van der Waals surface area contributed by atoms with Crippen molar-refractivity contribution in [2.45, 2.75) is 6.04 Å². The number of pyridine rings is 1. The van der Waals surface area contributed by atoms with Crippen molar-refractivity contribution in [1.29, 1.82) is 0 Å². The third kappa shape index (κ3) is 2.12. The zero-order valence-corrected chi connectivity index (χ0v) is 9.08. The van der Waals surface area contributed by atoms with Crippen LogP contribution < -0.4 is 15.0 Å². The van der Waals surface area contributed by atoms with Gasteiger partial charge in [0.2, 0.25) is 0 Å². The average molecular weight is 237 g/mol. The van der Waals surface area contributed by atoms with E-state index in [4.69, 9.17) is 9.84 Å². The number of likely N-dealkylation sites (N-methyl/N-ethyl adjacent to an activating group) is 1. The van der Waals surface area contributed by atoms with E-state index < -0.39 is 18.0 Å². The van der Waals surface area contributed by atoms with Crippen LogP contribution in [0.25, 0.3) is 0 Å². The molecule has 7 nitrogen and oxygen atoms in total. The van der Waals surface area contributed by atoms with Crippen molar-refractivity contribution in [3.8, 4) is 5.75 Å². The van der Waals surface area contributed by atoms with Crippen molar-refractivity contribution in [3.63, 3.8) is 0 Å². The van der Waals surface area contributed by atoms with Gasteiger partial charge in [-0.1, -0.05) is 0 Å². The maximum Gasteiger partial charge on any atom is 0.405 e. The Balaban J connectivity index is 2.29. The molecule has 0 aromatic carbocycles. The van der Waals surface area contributed by atoms with Gasteiger partial charge in [0, 0.05) is 13.2 Å². The molecule has 0 fully saturated rings. The number of aromatic nitrogens is 1. The third-order valence-corrected chi connectivity index (χ3v) is 2.40. The second kappa shape index (κ2) is 4.28. The first-order valence-electron chi connectivity index (χ1n) is 4.94. The number of hydrogen-bond donors (Lipinski definition) is 2. The van der Waals surface area contributed by atoms with Gasteiger partial charge < -0.3 is 15.2 Å². The average Bonchev–Trinajstić information content (AvgIpc) is 2.42. The Morgan fingerprint density at radius 3 is 3.18 bits per heavy atom. The number of carbonyl (C=O) groups excluding carboxylic acids is 1. The van der Waals surface area contributed by atoms with Crippen LogP contribution in [0.4, 0.5) is 10.6 Å². The number of hydrogen-bond acceptors (Lipinski definition) is 4. The molecule has 2 N–H and O–H groups in total. The van der Waals surface area contributed by atoms with Gasteiger partial charge in [-0.3, -0.25) is 9.69 Å². The number of nitrogens with zero attached hydrogens (tertiary/aromatic N) is 2. The highest BCUT2D eigenvalue weighted by Gasteiger charge is 2.30. The van der Waals surface area contributed by atoms with Gasteiger partial charge in [0.25, 0.3) is 5.91 Å². The van der Waals surface area contributed by atoms with E-state index in [1.165, 1.54) is 18.1 Å². The van der Waals surface area contributed by atoms with Gasteiger partial charge in [-0.2, -0.15) is 0 Å². The van der Waals surface area contributed by atoms with E-state index in [2.05, 4.69) is 10.3 Å². The van der Waals surface area contributed by atoms with E-state index in [0.29, 0.717) is 11.6 Å². The molecule has 0 unspecified atom stereocenters. The summed E-state index contributed by atoms with van der Waals surface area (Å²) in [5.74, 6) is 0.440. The maximum atomic E-state index is 11.9. The molecule has 2 heterocycles. The largest absolute Gasteiger partial charge is 0.487 e. The smallest absolute Gasteiger partial charge is 0.405 e. The Bertz CT molecular complexity index is 463. The van der Waals surface area contributed by atoms with Crippen LogP contribution in [0.15, 0.2) is 18.3 Å². The highest BCUT2D eigenvalue weighted by atomic mass is 16.5. The Hall–Kier alpha value is -2.31. The molecule has 1 atom stereocenters. The lowest BCUT2D eigenvalue weighted by atomic mass is 10.3. The molecule has 0 radical (unpaired) electrons. The zero-order chi connectivity index (χ0) is 12.4. The Morgan fingerprint density at radius 1 is 1.71 bits per heavy atom. The zero-order valence-electron chi connectivity index (χ0n) is 9.08. The van der Waals surface area contributed by atoms with Crippen molar-refractivity contribution >= 4 is 17.8 Å². The summed E-state index contributed by atoms with van der Waals surface area (Å²) >= 11 is 0. The van der Waals surface area contributed by atoms with E-state index in [1.54, 1.807) is 12.1 Å². The summed E-state index contributed by atoms with van der Waals surface area (Å²) in [4.78, 5) is 27.8. The number of nitrogens with one attached hydrogen (secondary N) is 1. The number of ether oxygens (including phenoxy) is 1. The minimum Gasteiger partial charge on any atom is -0.487 e. The van der Waals surface area contributed by atoms with Crippen molar-refractivity contribution in [1.82, 2.24) is 10.3 Å². The van der Waals surface area contributed by atoms with Gasteiger partial charge in [0.05, 0.1) is 0 Å². The number of fused-ring (bicyclic) bond motifs is 1. The van der Waals surface area contributed by atoms with E-state index in [0.717, 1.165) is 0 Å². The van der Waals surface area contributed by atoms with Gasteiger partial charge in [-0.15, -0.1) is 0 Å². The standard InChI is InChI=1S/C10H11N3O4/c1-13-8-7(3-2-4-11-8)17-5-6(9(13)14)12-10(15)16/h2-4,6,12H,5H2,1H3,(H,15,16)/t6-/m0/s1. The Labute approximate surface area is 97.0 Å². The first-order chi connectivity index (χ1) is 8.09. The fraction of sp³-hybridized carbons (Fsp3) is 0.300. The van der Waals surface area contributed by atoms with Crippen molar-refractivity contribution in [3.05, 3.63) is 18.3 Å². The van der Waals surface area contributed by atoms with Gasteiger partial charge >= 0.3 is 6.09 Å². The lowest BCUT2D eigenvalue weighted by Gasteiger charge is -2.18. The predicted molar refractivity (Wildman–Crippen MR) is 58.1 cm³/mol. The molecule has 1 aromatic heterocycles. The molecule has 2 amide bonds. The van der Waals surface area contributed by atoms with Crippen LogP contribution in [0.5, 0.6) is 5.75 Å². The van der Waals surface area contributed by atoms with Crippen molar-refractivity contribution in [2.24, 2.45) is 0 Å². The van der Waals surface area contributed by atoms with Crippen LogP contribution in [0, 0.1) is 0 Å². The topological polar surface area (TPSA) is 91.8 Å². The molecule has 17 heavy (non-hydrogen) atoms. The van der Waals surface area contributed by atoms with Gasteiger partial charge in [-0.25, -0.2) is 9.78 Å². The van der Waals surface area contributed by atoms with Crippen molar-refractivity contribution < 1.29 is 19.4 Å². The highest BCUT2D eigenvalue weighted by molar-refractivity contribution is 5.99. The van der Waals surface area contributed by atoms with Crippen molar-refractivity contribution in [2.75, 3.05) is 18.6 Å². The maximum absolute atomic E-state index is 11.9. The van der Waals surface area contributed by atoms with Gasteiger partial charge in [0.15, 0.2) is 11.6 Å². The predicted octanol–water partition coefficient (Wildman–Crippen LogP) is 0.0730. The minimum atomic E-state index is -1.26. The molecule has 7 heteroatoms. The molecule has 0 bridgehead atoms. The molecule has 2 rings (SSSR count). The molecule has 0 spiro atoms. The fourth-order valence-electron chi connectivity index (χ4n) is 1.58. The number of amides is 2. The first kappa shape index (κ1) is 11.2. The van der Waals surface area contributed by atoms with E-state index in [1.807, 2.05) is 0 Å². The molecule has 0 saturated carbocycles. The monoisotopic (exact) mass is 237 g/mol. The normalized spacial score (nSPS) is 19.0. The van der Waals surface area contributed by atoms with Gasteiger partial charge in [-0.05, 0) is 12.1 Å². The summed E-state index contributed by atoms with van der Waals surface area (Å²) in [7, 11) is 1.53. The number of rotatable bonds is 1. The molecule has 1 aliphatic heterocycles. The van der Waals surface area contributed by atoms with Crippen LogP contribution >= 0.6 is 0 Å². The summed E-state index contributed by atoms with van der Waals surface area (Å²) in [5, 5.41) is 10.7. The summed E-state index contributed by atoms with van der Waals surface area (Å²) in [6.07, 6.45) is 0.274. The second-order valence-electron chi connectivity index (χ2n) is 3.54. The molecule has 1 aromatic rings. The number of carboxylic acid groups (broad SMARTS) is 1. The summed E-state index contributed by atoms with van der Waals surface area (Å²) in [6, 6.07) is 2.43. The number of carbonyl (C=O) groups is 2. The minimum absolute atomic E-state index is 0.0475. The van der Waals surface area contributed by atoms with Crippen LogP contribution in [0.1, 0.15) is 0 Å². The highest BCUT2D eigenvalue weighted by Crippen LogP contribution is 2.27. The molecule has 90 valence electrons. The molecule has 1 aliphatic rings.